The number of hydrogen-bond acceptors (Lipinski definition) is 2. The first-order chi connectivity index (χ1) is 8.88. The molecule has 0 saturated heterocycles. The summed E-state index contributed by atoms with van der Waals surface area (Å²) in [6.45, 7) is 6.08. The Morgan fingerprint density at radius 2 is 1.63 bits per heavy atom. The quantitative estimate of drug-likeness (QED) is 0.587. The fourth-order valence-electron chi connectivity index (χ4n) is 2.05. The molecule has 5 heteroatoms. The van der Waals surface area contributed by atoms with Crippen molar-refractivity contribution < 1.29 is 4.42 Å². The minimum Gasteiger partial charge on any atom is -0.466 e. The summed E-state index contributed by atoms with van der Waals surface area (Å²) in [4.78, 5) is 0. The molecule has 0 aliphatic heterocycles. The van der Waals surface area contributed by atoms with Crippen molar-refractivity contribution in [3.8, 4) is 0 Å². The summed E-state index contributed by atoms with van der Waals surface area (Å²) in [6.07, 6.45) is 0. The third kappa shape index (κ3) is 3.44. The fraction of sp³-hybridized carbons (Fsp3) is 0.286. The van der Waals surface area contributed by atoms with Crippen LogP contribution in [0.3, 0.4) is 0 Å². The molecule has 1 aromatic heterocycles. The lowest BCUT2D eigenvalue weighted by atomic mass is 10.1. The second-order valence-corrected chi connectivity index (χ2v) is 7.10. The average Bonchev–Trinajstić information content (AvgIpc) is 2.62. The zero-order valence-electron chi connectivity index (χ0n) is 10.9. The zero-order chi connectivity index (χ0) is 14.2. The summed E-state index contributed by atoms with van der Waals surface area (Å²) in [5.74, 6) is 1.90. The molecule has 2 rings (SSSR count). The summed E-state index contributed by atoms with van der Waals surface area (Å²) >= 11 is 10.6. The molecule has 2 nitrogen and oxygen atoms in total. The van der Waals surface area contributed by atoms with E-state index in [4.69, 9.17) is 4.42 Å². The van der Waals surface area contributed by atoms with Gasteiger partial charge in [-0.3, -0.25) is 0 Å². The molecular formula is C14H14Br3NO. The molecule has 0 aliphatic rings. The van der Waals surface area contributed by atoms with Crippen molar-refractivity contribution in [1.82, 2.24) is 0 Å². The summed E-state index contributed by atoms with van der Waals surface area (Å²) in [5.41, 5.74) is 2.22. The van der Waals surface area contributed by atoms with Crippen molar-refractivity contribution >= 4 is 53.5 Å². The SMILES string of the molecule is Cc1cc(C(C)Nc2c(Br)cc(Br)cc2Br)c(C)o1. The van der Waals surface area contributed by atoms with Gasteiger partial charge in [0, 0.05) is 19.0 Å². The lowest BCUT2D eigenvalue weighted by Gasteiger charge is -2.17. The van der Waals surface area contributed by atoms with Crippen LogP contribution in [0.2, 0.25) is 0 Å². The van der Waals surface area contributed by atoms with Crippen molar-refractivity contribution in [1.29, 1.82) is 0 Å². The average molecular weight is 452 g/mol. The summed E-state index contributed by atoms with van der Waals surface area (Å²) in [6, 6.07) is 6.29. The number of aryl methyl sites for hydroxylation is 2. The molecule has 1 N–H and O–H groups in total. The van der Waals surface area contributed by atoms with Gasteiger partial charge in [-0.25, -0.2) is 0 Å². The third-order valence-electron chi connectivity index (χ3n) is 2.91. The second kappa shape index (κ2) is 6.02. The van der Waals surface area contributed by atoms with E-state index in [1.807, 2.05) is 26.0 Å². The molecule has 1 atom stereocenters. The van der Waals surface area contributed by atoms with Crippen molar-refractivity contribution in [2.75, 3.05) is 5.32 Å². The molecule has 19 heavy (non-hydrogen) atoms. The van der Waals surface area contributed by atoms with Crippen molar-refractivity contribution in [2.24, 2.45) is 0 Å². The number of hydrogen-bond donors (Lipinski definition) is 1. The van der Waals surface area contributed by atoms with Crippen LogP contribution in [0.4, 0.5) is 5.69 Å². The molecule has 0 fully saturated rings. The Bertz CT molecular complexity index is 584. The summed E-state index contributed by atoms with van der Waals surface area (Å²) in [7, 11) is 0. The Kier molecular flexibility index (Phi) is 4.79. The summed E-state index contributed by atoms with van der Waals surface area (Å²) < 4.78 is 8.63. The van der Waals surface area contributed by atoms with Crippen molar-refractivity contribution in [3.63, 3.8) is 0 Å². The second-order valence-electron chi connectivity index (χ2n) is 4.48. The van der Waals surface area contributed by atoms with Gasteiger partial charge >= 0.3 is 0 Å². The number of benzene rings is 1. The number of halogens is 3. The van der Waals surface area contributed by atoms with Gasteiger partial charge in [-0.05, 0) is 70.8 Å². The van der Waals surface area contributed by atoms with E-state index in [0.717, 1.165) is 30.6 Å². The Morgan fingerprint density at radius 1 is 1.05 bits per heavy atom. The molecule has 2 aromatic rings. The first kappa shape index (κ1) is 15.1. The lowest BCUT2D eigenvalue weighted by molar-refractivity contribution is 0.500. The molecule has 1 unspecified atom stereocenters. The zero-order valence-corrected chi connectivity index (χ0v) is 15.6. The molecule has 0 saturated carbocycles. The van der Waals surface area contributed by atoms with Gasteiger partial charge in [-0.1, -0.05) is 15.9 Å². The highest BCUT2D eigenvalue weighted by molar-refractivity contribution is 9.11. The number of nitrogens with one attached hydrogen (secondary N) is 1. The maximum atomic E-state index is 5.58. The minimum atomic E-state index is 0.172. The van der Waals surface area contributed by atoms with Gasteiger partial charge in [-0.2, -0.15) is 0 Å². The Labute approximate surface area is 138 Å². The molecule has 0 spiro atoms. The first-order valence-corrected chi connectivity index (χ1v) is 8.24. The summed E-state index contributed by atoms with van der Waals surface area (Å²) in [5, 5.41) is 3.50. The normalized spacial score (nSPS) is 12.5. The standard InChI is InChI=1S/C14H14Br3NO/c1-7-4-11(9(3)19-7)8(2)18-14-12(16)5-10(15)6-13(14)17/h4-6,8,18H,1-3H3. The van der Waals surface area contributed by atoms with Gasteiger partial charge in [0.05, 0.1) is 11.7 Å². The molecule has 1 heterocycles. The van der Waals surface area contributed by atoms with Crippen LogP contribution in [-0.2, 0) is 0 Å². The van der Waals surface area contributed by atoms with E-state index < -0.39 is 0 Å². The number of furan rings is 1. The highest BCUT2D eigenvalue weighted by Crippen LogP contribution is 2.37. The predicted molar refractivity (Wildman–Crippen MR) is 89.8 cm³/mol. The Morgan fingerprint density at radius 3 is 2.11 bits per heavy atom. The van der Waals surface area contributed by atoms with Crippen LogP contribution in [0.25, 0.3) is 0 Å². The van der Waals surface area contributed by atoms with E-state index in [9.17, 15) is 0 Å². The van der Waals surface area contributed by atoms with E-state index in [0.29, 0.717) is 0 Å². The van der Waals surface area contributed by atoms with Crippen LogP contribution >= 0.6 is 47.8 Å². The van der Waals surface area contributed by atoms with E-state index in [1.165, 1.54) is 5.56 Å². The van der Waals surface area contributed by atoms with E-state index >= 15 is 0 Å². The van der Waals surface area contributed by atoms with Crippen LogP contribution in [-0.4, -0.2) is 0 Å². The minimum absolute atomic E-state index is 0.172. The fourth-order valence-corrected chi connectivity index (χ4v) is 4.54. The van der Waals surface area contributed by atoms with E-state index in [-0.39, 0.29) is 6.04 Å². The Balaban J connectivity index is 2.29. The van der Waals surface area contributed by atoms with Gasteiger partial charge in [0.2, 0.25) is 0 Å². The molecular weight excluding hydrogens is 438 g/mol. The monoisotopic (exact) mass is 449 g/mol. The maximum Gasteiger partial charge on any atom is 0.106 e. The van der Waals surface area contributed by atoms with E-state index in [1.54, 1.807) is 0 Å². The van der Waals surface area contributed by atoms with Crippen molar-refractivity contribution in [3.05, 3.63) is 48.7 Å². The van der Waals surface area contributed by atoms with E-state index in [2.05, 4.69) is 66.1 Å². The largest absolute Gasteiger partial charge is 0.466 e. The lowest BCUT2D eigenvalue weighted by Crippen LogP contribution is -2.08. The molecule has 0 radical (unpaired) electrons. The molecule has 0 amide bonds. The van der Waals surface area contributed by atoms with Gasteiger partial charge < -0.3 is 9.73 Å². The molecule has 102 valence electrons. The van der Waals surface area contributed by atoms with Crippen molar-refractivity contribution in [2.45, 2.75) is 26.8 Å². The van der Waals surface area contributed by atoms with Gasteiger partial charge in [0.25, 0.3) is 0 Å². The van der Waals surface area contributed by atoms with Gasteiger partial charge in [0.1, 0.15) is 11.5 Å². The number of rotatable bonds is 3. The van der Waals surface area contributed by atoms with Gasteiger partial charge in [-0.15, -0.1) is 0 Å². The number of anilines is 1. The van der Waals surface area contributed by atoms with Crippen LogP contribution in [0.1, 0.15) is 30.0 Å². The Hall–Kier alpha value is -0.260. The highest BCUT2D eigenvalue weighted by atomic mass is 79.9. The predicted octanol–water partition coefficient (Wildman–Crippen LogP) is 6.36. The topological polar surface area (TPSA) is 25.2 Å². The third-order valence-corrected chi connectivity index (χ3v) is 4.62. The van der Waals surface area contributed by atoms with Crippen LogP contribution in [0.15, 0.2) is 36.0 Å². The molecule has 1 aromatic carbocycles. The van der Waals surface area contributed by atoms with Crippen LogP contribution in [0.5, 0.6) is 0 Å². The highest BCUT2D eigenvalue weighted by Gasteiger charge is 2.15. The molecule has 0 aliphatic carbocycles. The van der Waals surface area contributed by atoms with Gasteiger partial charge in [0.15, 0.2) is 0 Å². The first-order valence-electron chi connectivity index (χ1n) is 5.86. The molecule has 0 bridgehead atoms. The smallest absolute Gasteiger partial charge is 0.106 e. The van der Waals surface area contributed by atoms with Crippen LogP contribution in [0, 0.1) is 13.8 Å². The van der Waals surface area contributed by atoms with Crippen LogP contribution < -0.4 is 5.32 Å². The maximum absolute atomic E-state index is 5.58.